The van der Waals surface area contributed by atoms with E-state index in [0.29, 0.717) is 5.56 Å². The Morgan fingerprint density at radius 1 is 0.875 bits per heavy atom. The van der Waals surface area contributed by atoms with Crippen LogP contribution in [0.1, 0.15) is 0 Å². The predicted molar refractivity (Wildman–Crippen MR) is 61.7 cm³/mol. The van der Waals surface area contributed by atoms with Gasteiger partial charge in [-0.1, -0.05) is 42.5 Å². The monoisotopic (exact) mass is 216 g/mol. The average Bonchev–Trinajstić information content (AvgIpc) is 2.29. The molecule has 0 aliphatic rings. The highest BCUT2D eigenvalue weighted by Gasteiger charge is 2.19. The summed E-state index contributed by atoms with van der Waals surface area (Å²) < 4.78 is 13.7. The van der Waals surface area contributed by atoms with Crippen LogP contribution in [-0.4, -0.2) is 17.2 Å². The van der Waals surface area contributed by atoms with Crippen molar-refractivity contribution >= 4 is 12.6 Å². The lowest BCUT2D eigenvalue weighted by molar-refractivity contribution is 0.425. The maximum absolute atomic E-state index is 13.7. The first-order chi connectivity index (χ1) is 7.70. The molecule has 4 heteroatoms. The van der Waals surface area contributed by atoms with Gasteiger partial charge in [0.05, 0.1) is 0 Å². The molecule has 0 bridgehead atoms. The molecule has 2 aromatic carbocycles. The molecule has 2 aromatic rings. The highest BCUT2D eigenvalue weighted by molar-refractivity contribution is 6.60. The predicted octanol–water partition coefficient (Wildman–Crippen LogP) is 1.17. The summed E-state index contributed by atoms with van der Waals surface area (Å²) in [5.74, 6) is -0.461. The Labute approximate surface area is 93.1 Å². The summed E-state index contributed by atoms with van der Waals surface area (Å²) in [5, 5.41) is 18.4. The molecule has 80 valence electrons. The molecule has 0 aromatic heterocycles. The Hall–Kier alpha value is -1.65. The first-order valence-electron chi connectivity index (χ1n) is 4.90. The molecule has 0 radical (unpaired) electrons. The van der Waals surface area contributed by atoms with Gasteiger partial charge < -0.3 is 10.0 Å². The van der Waals surface area contributed by atoms with E-state index in [9.17, 15) is 14.4 Å². The molecular weight excluding hydrogens is 206 g/mol. The third-order valence-electron chi connectivity index (χ3n) is 2.39. The first kappa shape index (κ1) is 10.9. The number of hydrogen-bond donors (Lipinski definition) is 2. The Kier molecular flexibility index (Phi) is 3.03. The summed E-state index contributed by atoms with van der Waals surface area (Å²) in [7, 11) is -1.68. The molecule has 0 atom stereocenters. The van der Waals surface area contributed by atoms with Crippen molar-refractivity contribution in [2.24, 2.45) is 0 Å². The smallest absolute Gasteiger partial charge is 0.423 e. The van der Waals surface area contributed by atoms with Crippen LogP contribution in [0.15, 0.2) is 48.5 Å². The van der Waals surface area contributed by atoms with Crippen molar-refractivity contribution in [3.05, 3.63) is 54.3 Å². The molecule has 2 rings (SSSR count). The van der Waals surface area contributed by atoms with Crippen LogP contribution in [0.3, 0.4) is 0 Å². The van der Waals surface area contributed by atoms with E-state index in [1.54, 1.807) is 24.3 Å². The fourth-order valence-electron chi connectivity index (χ4n) is 1.67. The van der Waals surface area contributed by atoms with Crippen molar-refractivity contribution in [3.63, 3.8) is 0 Å². The van der Waals surface area contributed by atoms with Crippen LogP contribution in [0.25, 0.3) is 11.1 Å². The van der Waals surface area contributed by atoms with Crippen LogP contribution >= 0.6 is 0 Å². The van der Waals surface area contributed by atoms with Gasteiger partial charge in [-0.05, 0) is 17.1 Å². The van der Waals surface area contributed by atoms with Gasteiger partial charge in [0.2, 0.25) is 0 Å². The molecule has 0 aliphatic heterocycles. The second kappa shape index (κ2) is 4.47. The zero-order chi connectivity index (χ0) is 11.5. The standard InChI is InChI=1S/C12H10BFO2/c14-11-8-4-7-10(13(15)16)12(11)9-5-2-1-3-6-9/h1-8,15-16H. The molecule has 0 amide bonds. The SMILES string of the molecule is OB(O)c1cccc(F)c1-c1ccccc1. The van der Waals surface area contributed by atoms with E-state index in [-0.39, 0.29) is 11.0 Å². The molecule has 0 spiro atoms. The van der Waals surface area contributed by atoms with Crippen molar-refractivity contribution in [2.75, 3.05) is 0 Å². The minimum absolute atomic E-state index is 0.172. The van der Waals surface area contributed by atoms with Crippen LogP contribution < -0.4 is 5.46 Å². The Morgan fingerprint density at radius 3 is 2.19 bits per heavy atom. The minimum Gasteiger partial charge on any atom is -0.423 e. The molecule has 16 heavy (non-hydrogen) atoms. The van der Waals surface area contributed by atoms with Gasteiger partial charge in [0.25, 0.3) is 0 Å². The number of halogens is 1. The zero-order valence-electron chi connectivity index (χ0n) is 8.47. The highest BCUT2D eigenvalue weighted by Crippen LogP contribution is 2.20. The maximum Gasteiger partial charge on any atom is 0.489 e. The van der Waals surface area contributed by atoms with Gasteiger partial charge in [-0.15, -0.1) is 0 Å². The minimum atomic E-state index is -1.68. The first-order valence-corrected chi connectivity index (χ1v) is 4.90. The van der Waals surface area contributed by atoms with Crippen molar-refractivity contribution in [2.45, 2.75) is 0 Å². The van der Waals surface area contributed by atoms with E-state index in [0.717, 1.165) is 0 Å². The Morgan fingerprint density at radius 2 is 1.56 bits per heavy atom. The van der Waals surface area contributed by atoms with Crippen molar-refractivity contribution in [1.29, 1.82) is 0 Å². The van der Waals surface area contributed by atoms with Gasteiger partial charge in [-0.2, -0.15) is 0 Å². The normalized spacial score (nSPS) is 10.2. The molecule has 2 nitrogen and oxygen atoms in total. The third-order valence-corrected chi connectivity index (χ3v) is 2.39. The Bertz CT molecular complexity index is 486. The lowest BCUT2D eigenvalue weighted by atomic mass is 9.75. The fourth-order valence-corrected chi connectivity index (χ4v) is 1.67. The van der Waals surface area contributed by atoms with Gasteiger partial charge >= 0.3 is 7.12 Å². The number of rotatable bonds is 2. The summed E-state index contributed by atoms with van der Waals surface area (Å²) in [6.07, 6.45) is 0. The average molecular weight is 216 g/mol. The van der Waals surface area contributed by atoms with Gasteiger partial charge in [-0.25, -0.2) is 4.39 Å². The Balaban J connectivity index is 2.64. The number of benzene rings is 2. The molecular formula is C12H10BFO2. The quantitative estimate of drug-likeness (QED) is 0.739. The fraction of sp³-hybridized carbons (Fsp3) is 0. The summed E-state index contributed by atoms with van der Waals surface area (Å²) in [6, 6.07) is 13.1. The number of hydrogen-bond acceptors (Lipinski definition) is 2. The maximum atomic E-state index is 13.7. The molecule has 0 fully saturated rings. The molecule has 0 saturated heterocycles. The summed E-state index contributed by atoms with van der Waals surface area (Å²) in [4.78, 5) is 0. The molecule has 0 aliphatic carbocycles. The van der Waals surface area contributed by atoms with Gasteiger partial charge in [0.15, 0.2) is 0 Å². The van der Waals surface area contributed by atoms with Crippen molar-refractivity contribution < 1.29 is 14.4 Å². The van der Waals surface area contributed by atoms with E-state index >= 15 is 0 Å². The van der Waals surface area contributed by atoms with Crippen LogP contribution in [0.2, 0.25) is 0 Å². The van der Waals surface area contributed by atoms with Gasteiger partial charge in [-0.3, -0.25) is 0 Å². The summed E-state index contributed by atoms with van der Waals surface area (Å²) in [6.45, 7) is 0. The molecule has 2 N–H and O–H groups in total. The van der Waals surface area contributed by atoms with Gasteiger partial charge in [0, 0.05) is 5.56 Å². The molecule has 0 unspecified atom stereocenters. The second-order valence-electron chi connectivity index (χ2n) is 3.44. The zero-order valence-corrected chi connectivity index (χ0v) is 8.47. The van der Waals surface area contributed by atoms with Crippen LogP contribution in [0, 0.1) is 5.82 Å². The third kappa shape index (κ3) is 1.98. The lowest BCUT2D eigenvalue weighted by Crippen LogP contribution is -2.32. The second-order valence-corrected chi connectivity index (χ2v) is 3.44. The van der Waals surface area contributed by atoms with Crippen LogP contribution in [-0.2, 0) is 0 Å². The van der Waals surface area contributed by atoms with E-state index < -0.39 is 12.9 Å². The van der Waals surface area contributed by atoms with Crippen LogP contribution in [0.4, 0.5) is 4.39 Å². The van der Waals surface area contributed by atoms with E-state index in [2.05, 4.69) is 0 Å². The highest BCUT2D eigenvalue weighted by atomic mass is 19.1. The summed E-state index contributed by atoms with van der Waals surface area (Å²) >= 11 is 0. The molecule has 0 heterocycles. The topological polar surface area (TPSA) is 40.5 Å². The van der Waals surface area contributed by atoms with E-state index in [4.69, 9.17) is 0 Å². The van der Waals surface area contributed by atoms with E-state index in [1.165, 1.54) is 18.2 Å². The largest absolute Gasteiger partial charge is 0.489 e. The lowest BCUT2D eigenvalue weighted by Gasteiger charge is -2.09. The molecule has 0 saturated carbocycles. The summed E-state index contributed by atoms with van der Waals surface area (Å²) in [5.41, 5.74) is 1.04. The van der Waals surface area contributed by atoms with E-state index in [1.807, 2.05) is 6.07 Å². The van der Waals surface area contributed by atoms with Gasteiger partial charge in [0.1, 0.15) is 5.82 Å². The van der Waals surface area contributed by atoms with Crippen molar-refractivity contribution in [1.82, 2.24) is 0 Å². The van der Waals surface area contributed by atoms with Crippen LogP contribution in [0.5, 0.6) is 0 Å². The van der Waals surface area contributed by atoms with Crippen molar-refractivity contribution in [3.8, 4) is 11.1 Å².